The van der Waals surface area contributed by atoms with Gasteiger partial charge in [-0.15, -0.1) is 0 Å². The first-order chi connectivity index (χ1) is 15.8. The molecule has 0 aliphatic carbocycles. The third-order valence-electron chi connectivity index (χ3n) is 4.69. The second kappa shape index (κ2) is 10.7. The van der Waals surface area contributed by atoms with Crippen molar-refractivity contribution in [2.75, 3.05) is 0 Å². The Kier molecular flexibility index (Phi) is 8.51. The van der Waals surface area contributed by atoms with Gasteiger partial charge in [0, 0.05) is 5.92 Å². The summed E-state index contributed by atoms with van der Waals surface area (Å²) < 4.78 is 133. The fraction of sp³-hybridized carbons (Fsp3) is 0.300. The summed E-state index contributed by atoms with van der Waals surface area (Å²) in [6.07, 6.45) is 0. The van der Waals surface area contributed by atoms with Crippen LogP contribution in [0.3, 0.4) is 0 Å². The lowest BCUT2D eigenvalue weighted by atomic mass is 10.0. The zero-order valence-corrected chi connectivity index (χ0v) is 17.5. The molecule has 186 valence electrons. The molecule has 0 amide bonds. The highest BCUT2D eigenvalue weighted by Gasteiger charge is 2.27. The van der Waals surface area contributed by atoms with Gasteiger partial charge in [-0.1, -0.05) is 17.2 Å². The highest BCUT2D eigenvalue weighted by molar-refractivity contribution is 6.04. The fourth-order valence-corrected chi connectivity index (χ4v) is 2.41. The zero-order valence-electron chi connectivity index (χ0n) is 17.5. The van der Waals surface area contributed by atoms with Crippen molar-refractivity contribution in [1.29, 1.82) is 0 Å². The third-order valence-corrected chi connectivity index (χ3v) is 4.69. The lowest BCUT2D eigenvalue weighted by molar-refractivity contribution is 0.119. The van der Waals surface area contributed by atoms with Crippen molar-refractivity contribution >= 4 is 11.4 Å². The number of rotatable bonds is 8. The average Bonchev–Trinajstić information content (AvgIpc) is 2.82. The van der Waals surface area contributed by atoms with Crippen molar-refractivity contribution in [2.45, 2.75) is 34.0 Å². The van der Waals surface area contributed by atoms with Crippen LogP contribution in [-0.2, 0) is 22.9 Å². The van der Waals surface area contributed by atoms with Gasteiger partial charge in [-0.25, -0.2) is 43.9 Å². The largest absolute Gasteiger partial charge is 0.391 e. The van der Waals surface area contributed by atoms with E-state index in [2.05, 4.69) is 20.0 Å². The van der Waals surface area contributed by atoms with Gasteiger partial charge in [0.15, 0.2) is 46.5 Å². The Morgan fingerprint density at radius 3 is 1.03 bits per heavy atom. The highest BCUT2D eigenvalue weighted by atomic mass is 19.2. The highest BCUT2D eigenvalue weighted by Crippen LogP contribution is 2.25. The quantitative estimate of drug-likeness (QED) is 0.141. The molecule has 0 aliphatic heterocycles. The van der Waals surface area contributed by atoms with Crippen LogP contribution in [0, 0.1) is 64.1 Å². The molecule has 34 heavy (non-hydrogen) atoms. The predicted octanol–water partition coefficient (Wildman–Crippen LogP) is 6.20. The number of benzene rings is 2. The Bertz CT molecular complexity index is 1020. The van der Waals surface area contributed by atoms with Crippen LogP contribution in [0.1, 0.15) is 31.9 Å². The van der Waals surface area contributed by atoms with Crippen LogP contribution in [0.25, 0.3) is 0 Å². The molecule has 2 aromatic rings. The average molecular weight is 504 g/mol. The molecule has 0 fully saturated rings. The van der Waals surface area contributed by atoms with E-state index in [1.54, 1.807) is 0 Å². The summed E-state index contributed by atoms with van der Waals surface area (Å²) in [6, 6.07) is 0. The normalized spacial score (nSPS) is 13.3. The Hall–Kier alpha value is -3.32. The number of hydrogen-bond acceptors (Lipinski definition) is 4. The summed E-state index contributed by atoms with van der Waals surface area (Å²) in [5.74, 6) is -22.4. The molecule has 0 saturated heterocycles. The smallest absolute Gasteiger partial charge is 0.200 e. The maximum Gasteiger partial charge on any atom is 0.200 e. The fourth-order valence-electron chi connectivity index (χ4n) is 2.41. The monoisotopic (exact) mass is 504 g/mol. The molecule has 0 saturated carbocycles. The van der Waals surface area contributed by atoms with Gasteiger partial charge in [-0.05, 0) is 13.8 Å². The molecule has 0 aromatic heterocycles. The van der Waals surface area contributed by atoms with Gasteiger partial charge in [0.25, 0.3) is 0 Å². The number of oxime groups is 2. The molecule has 0 radical (unpaired) electrons. The van der Waals surface area contributed by atoms with Crippen LogP contribution >= 0.6 is 0 Å². The first kappa shape index (κ1) is 26.9. The first-order valence-electron chi connectivity index (χ1n) is 9.14. The zero-order chi connectivity index (χ0) is 25.9. The van der Waals surface area contributed by atoms with Gasteiger partial charge in [-0.3, -0.25) is 0 Å². The molecule has 0 bridgehead atoms. The van der Waals surface area contributed by atoms with E-state index in [4.69, 9.17) is 0 Å². The second-order valence-corrected chi connectivity index (χ2v) is 6.83. The number of halogens is 10. The van der Waals surface area contributed by atoms with Gasteiger partial charge in [0.1, 0.15) is 13.2 Å². The van der Waals surface area contributed by atoms with Crippen molar-refractivity contribution in [2.24, 2.45) is 16.2 Å². The van der Waals surface area contributed by atoms with Crippen molar-refractivity contribution in [3.05, 3.63) is 69.3 Å². The van der Waals surface area contributed by atoms with Crippen LogP contribution in [0.2, 0.25) is 0 Å². The van der Waals surface area contributed by atoms with Gasteiger partial charge in [0.05, 0.1) is 22.6 Å². The minimum atomic E-state index is -2.33. The summed E-state index contributed by atoms with van der Waals surface area (Å²) in [4.78, 5) is 9.29. The molecule has 0 N–H and O–H groups in total. The molecule has 2 aromatic carbocycles. The van der Waals surface area contributed by atoms with Gasteiger partial charge in [0.2, 0.25) is 11.6 Å². The second-order valence-electron chi connectivity index (χ2n) is 6.83. The Morgan fingerprint density at radius 1 is 0.529 bits per heavy atom. The lowest BCUT2D eigenvalue weighted by Crippen LogP contribution is -2.17. The minimum Gasteiger partial charge on any atom is -0.391 e. The Labute approximate surface area is 185 Å². The maximum absolute atomic E-state index is 13.6. The molecule has 0 atom stereocenters. The van der Waals surface area contributed by atoms with Gasteiger partial charge in [-0.2, -0.15) is 0 Å². The molecule has 0 heterocycles. The van der Waals surface area contributed by atoms with Crippen LogP contribution in [0.5, 0.6) is 0 Å². The standard InChI is InChI=1S/C20H14F10N2O2/c1-6(7(2)31-33-4-9-11(21)15(25)19(29)16(26)12(9)22)8(3)32-34-5-10-13(23)17(27)20(30)18(28)14(10)24/h6H,4-5H2,1-3H3/b31-7+,32-8+. The summed E-state index contributed by atoms with van der Waals surface area (Å²) in [5, 5.41) is 6.96. The van der Waals surface area contributed by atoms with Crippen LogP contribution in [0.4, 0.5) is 43.9 Å². The van der Waals surface area contributed by atoms with E-state index in [1.807, 2.05) is 0 Å². The van der Waals surface area contributed by atoms with Crippen LogP contribution < -0.4 is 0 Å². The SMILES string of the molecule is C/C(=N\OCc1c(F)c(F)c(F)c(F)c1F)C(C)/C(C)=N/OCc1c(F)c(F)c(F)c(F)c1F. The first-order valence-corrected chi connectivity index (χ1v) is 9.14. The number of hydrogen-bond donors (Lipinski definition) is 0. The lowest BCUT2D eigenvalue weighted by Gasteiger charge is -2.12. The molecular formula is C20H14F10N2O2. The van der Waals surface area contributed by atoms with E-state index in [-0.39, 0.29) is 11.4 Å². The van der Waals surface area contributed by atoms with Crippen molar-refractivity contribution in [3.63, 3.8) is 0 Å². The van der Waals surface area contributed by atoms with Crippen molar-refractivity contribution in [3.8, 4) is 0 Å². The van der Waals surface area contributed by atoms with E-state index in [9.17, 15) is 43.9 Å². The number of nitrogens with zero attached hydrogens (tertiary/aromatic N) is 2. The van der Waals surface area contributed by atoms with Crippen molar-refractivity contribution in [1.82, 2.24) is 0 Å². The van der Waals surface area contributed by atoms with Crippen molar-refractivity contribution < 1.29 is 53.6 Å². The maximum atomic E-state index is 13.6. The predicted molar refractivity (Wildman–Crippen MR) is 97.4 cm³/mol. The van der Waals surface area contributed by atoms with E-state index < -0.39 is 88.4 Å². The molecule has 0 unspecified atom stereocenters. The molecule has 2 rings (SSSR count). The Balaban J connectivity index is 2.07. The van der Waals surface area contributed by atoms with E-state index in [1.165, 1.54) is 20.8 Å². The topological polar surface area (TPSA) is 43.2 Å². The summed E-state index contributed by atoms with van der Waals surface area (Å²) >= 11 is 0. The van der Waals surface area contributed by atoms with E-state index in [0.717, 1.165) is 0 Å². The summed E-state index contributed by atoms with van der Waals surface area (Å²) in [5.41, 5.74) is -2.39. The molecule has 0 aliphatic rings. The van der Waals surface area contributed by atoms with Crippen LogP contribution in [0.15, 0.2) is 10.3 Å². The van der Waals surface area contributed by atoms with Gasteiger partial charge >= 0.3 is 0 Å². The molecule has 0 spiro atoms. The van der Waals surface area contributed by atoms with Crippen LogP contribution in [-0.4, -0.2) is 11.4 Å². The van der Waals surface area contributed by atoms with Gasteiger partial charge < -0.3 is 9.68 Å². The molecular weight excluding hydrogens is 490 g/mol. The molecule has 14 heteroatoms. The summed E-state index contributed by atoms with van der Waals surface area (Å²) in [7, 11) is 0. The third kappa shape index (κ3) is 5.25. The Morgan fingerprint density at radius 2 is 0.765 bits per heavy atom. The molecule has 4 nitrogen and oxygen atoms in total. The minimum absolute atomic E-state index is 0.0601. The van der Waals surface area contributed by atoms with E-state index in [0.29, 0.717) is 0 Å². The summed E-state index contributed by atoms with van der Waals surface area (Å²) in [6.45, 7) is 1.88. The van der Waals surface area contributed by atoms with E-state index >= 15 is 0 Å².